The lowest BCUT2D eigenvalue weighted by Crippen LogP contribution is -2.34. The number of aliphatic hydroxyl groups is 1. The molecule has 0 aromatic carbocycles. The van der Waals surface area contributed by atoms with Gasteiger partial charge in [-0.3, -0.25) is 5.10 Å². The first-order valence-corrected chi connectivity index (χ1v) is 6.59. The van der Waals surface area contributed by atoms with Crippen LogP contribution in [0.25, 0.3) is 0 Å². The first-order valence-electron chi connectivity index (χ1n) is 5.15. The van der Waals surface area contributed by atoms with Crippen LogP contribution in [0.2, 0.25) is 0 Å². The predicted octanol–water partition coefficient (Wildman–Crippen LogP) is 0.111. The van der Waals surface area contributed by atoms with Crippen molar-refractivity contribution >= 4 is 10.0 Å². The third-order valence-electron chi connectivity index (χ3n) is 2.22. The molecule has 0 aliphatic rings. The maximum absolute atomic E-state index is 12.1. The average molecular weight is 247 g/mol. The van der Waals surface area contributed by atoms with Crippen LogP contribution in [0, 0.1) is 6.92 Å². The molecule has 1 rings (SSSR count). The van der Waals surface area contributed by atoms with Crippen LogP contribution in [-0.2, 0) is 10.0 Å². The van der Waals surface area contributed by atoms with Gasteiger partial charge in [0.2, 0.25) is 10.0 Å². The van der Waals surface area contributed by atoms with Crippen molar-refractivity contribution in [3.63, 3.8) is 0 Å². The monoisotopic (exact) mass is 247 g/mol. The SMILES string of the molecule is CCCN(CCO)S(=O)(=O)c1cn[nH]c1C. The summed E-state index contributed by atoms with van der Waals surface area (Å²) in [7, 11) is -3.53. The number of H-pyrrole nitrogens is 1. The van der Waals surface area contributed by atoms with Gasteiger partial charge in [0.05, 0.1) is 18.5 Å². The number of aliphatic hydroxyl groups excluding tert-OH is 1. The predicted molar refractivity (Wildman–Crippen MR) is 59.5 cm³/mol. The molecule has 6 nitrogen and oxygen atoms in total. The van der Waals surface area contributed by atoms with Crippen molar-refractivity contribution in [2.24, 2.45) is 0 Å². The van der Waals surface area contributed by atoms with Crippen LogP contribution in [0.5, 0.6) is 0 Å². The summed E-state index contributed by atoms with van der Waals surface area (Å²) in [5.74, 6) is 0. The van der Waals surface area contributed by atoms with E-state index in [1.54, 1.807) is 6.92 Å². The Labute approximate surface area is 95.3 Å². The second-order valence-electron chi connectivity index (χ2n) is 3.49. The third-order valence-corrected chi connectivity index (χ3v) is 4.24. The molecule has 0 radical (unpaired) electrons. The largest absolute Gasteiger partial charge is 0.395 e. The fourth-order valence-electron chi connectivity index (χ4n) is 1.45. The molecule has 16 heavy (non-hydrogen) atoms. The number of rotatable bonds is 6. The van der Waals surface area contributed by atoms with Gasteiger partial charge in [-0.2, -0.15) is 9.40 Å². The summed E-state index contributed by atoms with van der Waals surface area (Å²) in [6.07, 6.45) is 2.00. The number of aryl methyl sites for hydroxylation is 1. The Balaban J connectivity index is 3.03. The number of sulfonamides is 1. The smallest absolute Gasteiger partial charge is 0.246 e. The van der Waals surface area contributed by atoms with Crippen LogP contribution >= 0.6 is 0 Å². The minimum Gasteiger partial charge on any atom is -0.395 e. The summed E-state index contributed by atoms with van der Waals surface area (Å²) in [6.45, 7) is 3.87. The zero-order chi connectivity index (χ0) is 12.2. The van der Waals surface area contributed by atoms with Gasteiger partial charge in [0, 0.05) is 13.1 Å². The number of hydrogen-bond acceptors (Lipinski definition) is 4. The lowest BCUT2D eigenvalue weighted by atomic mass is 10.5. The van der Waals surface area contributed by atoms with Crippen LogP contribution in [0.15, 0.2) is 11.1 Å². The first kappa shape index (κ1) is 13.1. The topological polar surface area (TPSA) is 86.3 Å². The second-order valence-corrected chi connectivity index (χ2v) is 5.39. The minimum atomic E-state index is -3.53. The van der Waals surface area contributed by atoms with Crippen LogP contribution in [-0.4, -0.2) is 47.7 Å². The Hall–Kier alpha value is -0.920. The van der Waals surface area contributed by atoms with Crippen LogP contribution in [0.4, 0.5) is 0 Å². The van der Waals surface area contributed by atoms with Crippen molar-refractivity contribution in [3.05, 3.63) is 11.9 Å². The quantitative estimate of drug-likeness (QED) is 0.747. The Morgan fingerprint density at radius 1 is 1.50 bits per heavy atom. The molecule has 7 heteroatoms. The van der Waals surface area contributed by atoms with Gasteiger partial charge in [-0.05, 0) is 13.3 Å². The first-order chi connectivity index (χ1) is 7.54. The summed E-state index contributed by atoms with van der Waals surface area (Å²) in [5.41, 5.74) is 0.513. The van der Waals surface area contributed by atoms with E-state index in [-0.39, 0.29) is 18.0 Å². The second kappa shape index (κ2) is 5.42. The van der Waals surface area contributed by atoms with E-state index in [1.807, 2.05) is 6.92 Å². The molecule has 1 aromatic heterocycles. The third kappa shape index (κ3) is 2.60. The highest BCUT2D eigenvalue weighted by molar-refractivity contribution is 7.89. The summed E-state index contributed by atoms with van der Waals surface area (Å²) in [4.78, 5) is 0.175. The average Bonchev–Trinajstić information content (AvgIpc) is 2.65. The Morgan fingerprint density at radius 2 is 2.19 bits per heavy atom. The van der Waals surface area contributed by atoms with E-state index in [1.165, 1.54) is 10.5 Å². The van der Waals surface area contributed by atoms with Gasteiger partial charge in [0.25, 0.3) is 0 Å². The molecule has 0 aliphatic heterocycles. The molecular weight excluding hydrogens is 230 g/mol. The van der Waals surface area contributed by atoms with E-state index >= 15 is 0 Å². The van der Waals surface area contributed by atoms with Gasteiger partial charge >= 0.3 is 0 Å². The van der Waals surface area contributed by atoms with E-state index in [2.05, 4.69) is 10.2 Å². The maximum Gasteiger partial charge on any atom is 0.246 e. The molecule has 92 valence electrons. The zero-order valence-corrected chi connectivity index (χ0v) is 10.3. The molecule has 0 saturated heterocycles. The van der Waals surface area contributed by atoms with Gasteiger partial charge in [-0.25, -0.2) is 8.42 Å². The number of hydrogen-bond donors (Lipinski definition) is 2. The van der Waals surface area contributed by atoms with Gasteiger partial charge in [-0.15, -0.1) is 0 Å². The molecule has 0 aliphatic carbocycles. The van der Waals surface area contributed by atoms with E-state index in [0.717, 1.165) is 0 Å². The number of aromatic amines is 1. The lowest BCUT2D eigenvalue weighted by Gasteiger charge is -2.19. The number of nitrogens with one attached hydrogen (secondary N) is 1. The van der Waals surface area contributed by atoms with Crippen molar-refractivity contribution in [3.8, 4) is 0 Å². The summed E-state index contributed by atoms with van der Waals surface area (Å²) >= 11 is 0. The standard InChI is InChI=1S/C9H17N3O3S/c1-3-4-12(5-6-13)16(14,15)9-7-10-11-8(9)2/h7,13H,3-6H2,1-2H3,(H,10,11). The van der Waals surface area contributed by atoms with Crippen molar-refractivity contribution in [2.75, 3.05) is 19.7 Å². The Bertz CT molecular complexity index is 421. The molecule has 0 fully saturated rings. The molecule has 0 bridgehead atoms. The van der Waals surface area contributed by atoms with Crippen molar-refractivity contribution < 1.29 is 13.5 Å². The summed E-state index contributed by atoms with van der Waals surface area (Å²) < 4.78 is 25.6. The molecular formula is C9H17N3O3S. The van der Waals surface area contributed by atoms with Gasteiger partial charge in [0.1, 0.15) is 4.90 Å². The molecule has 0 spiro atoms. The van der Waals surface area contributed by atoms with Crippen LogP contribution < -0.4 is 0 Å². The minimum absolute atomic E-state index is 0.112. The summed E-state index contributed by atoms with van der Waals surface area (Å²) in [6, 6.07) is 0. The Kier molecular flexibility index (Phi) is 4.45. The van der Waals surface area contributed by atoms with E-state index < -0.39 is 10.0 Å². The van der Waals surface area contributed by atoms with Gasteiger partial charge in [0.15, 0.2) is 0 Å². The number of aromatic nitrogens is 2. The summed E-state index contributed by atoms with van der Waals surface area (Å²) in [5, 5.41) is 15.2. The molecule has 0 amide bonds. The fourth-order valence-corrected chi connectivity index (χ4v) is 3.09. The highest BCUT2D eigenvalue weighted by atomic mass is 32.2. The van der Waals surface area contributed by atoms with E-state index in [0.29, 0.717) is 18.7 Å². The van der Waals surface area contributed by atoms with Gasteiger partial charge < -0.3 is 5.11 Å². The van der Waals surface area contributed by atoms with Gasteiger partial charge in [-0.1, -0.05) is 6.92 Å². The van der Waals surface area contributed by atoms with Crippen LogP contribution in [0.3, 0.4) is 0 Å². The van der Waals surface area contributed by atoms with Crippen molar-refractivity contribution in [1.29, 1.82) is 0 Å². The molecule has 1 heterocycles. The normalized spacial score (nSPS) is 12.2. The van der Waals surface area contributed by atoms with E-state index in [9.17, 15) is 8.42 Å². The lowest BCUT2D eigenvalue weighted by molar-refractivity contribution is 0.253. The molecule has 0 saturated carbocycles. The van der Waals surface area contributed by atoms with Crippen molar-refractivity contribution in [2.45, 2.75) is 25.2 Å². The molecule has 0 unspecified atom stereocenters. The Morgan fingerprint density at radius 3 is 2.62 bits per heavy atom. The van der Waals surface area contributed by atoms with E-state index in [4.69, 9.17) is 5.11 Å². The molecule has 0 atom stereocenters. The van der Waals surface area contributed by atoms with Crippen LogP contribution in [0.1, 0.15) is 19.0 Å². The highest BCUT2D eigenvalue weighted by Gasteiger charge is 2.26. The zero-order valence-electron chi connectivity index (χ0n) is 9.47. The maximum atomic E-state index is 12.1. The molecule has 1 aromatic rings. The highest BCUT2D eigenvalue weighted by Crippen LogP contribution is 2.17. The molecule has 2 N–H and O–H groups in total. The number of nitrogens with zero attached hydrogens (tertiary/aromatic N) is 2. The fraction of sp³-hybridized carbons (Fsp3) is 0.667. The van der Waals surface area contributed by atoms with Crippen molar-refractivity contribution in [1.82, 2.24) is 14.5 Å².